The number of fused-ring (bicyclic) bond motifs is 1. The van der Waals surface area contributed by atoms with E-state index in [9.17, 15) is 0 Å². The molecule has 0 unspecified atom stereocenters. The zero-order valence-electron chi connectivity index (χ0n) is 13.9. The molecule has 1 fully saturated rings. The van der Waals surface area contributed by atoms with Gasteiger partial charge in [0.25, 0.3) is 0 Å². The van der Waals surface area contributed by atoms with Gasteiger partial charge in [0, 0.05) is 24.4 Å². The number of hydrogen-bond acceptors (Lipinski definition) is 7. The lowest BCUT2D eigenvalue weighted by Gasteiger charge is -2.31. The third kappa shape index (κ3) is 2.71. The van der Waals surface area contributed by atoms with Gasteiger partial charge in [-0.15, -0.1) is 11.3 Å². The lowest BCUT2D eigenvalue weighted by atomic mass is 9.99. The van der Waals surface area contributed by atoms with Crippen molar-refractivity contribution in [1.82, 2.24) is 25.1 Å². The monoisotopic (exact) mass is 343 g/mol. The summed E-state index contributed by atoms with van der Waals surface area (Å²) in [6.07, 6.45) is 3.92. The lowest BCUT2D eigenvalue weighted by molar-refractivity contribution is 0.501. The summed E-state index contributed by atoms with van der Waals surface area (Å²) < 4.78 is 0. The number of aromatic amines is 1. The van der Waals surface area contributed by atoms with Gasteiger partial charge in [-0.2, -0.15) is 15.1 Å². The Labute approximate surface area is 144 Å². The van der Waals surface area contributed by atoms with E-state index >= 15 is 0 Å². The second kappa shape index (κ2) is 6.01. The van der Waals surface area contributed by atoms with Crippen molar-refractivity contribution in [2.24, 2.45) is 0 Å². The van der Waals surface area contributed by atoms with Crippen LogP contribution in [0, 0.1) is 0 Å². The number of nitrogens with two attached hydrogens (primary N) is 1. The first-order chi connectivity index (χ1) is 11.6. The Morgan fingerprint density at radius 2 is 2.21 bits per heavy atom. The number of nitrogens with zero attached hydrogens (tertiary/aromatic N) is 5. The molecule has 1 saturated heterocycles. The Balaban J connectivity index is 1.59. The average molecular weight is 343 g/mol. The number of hydrogen-bond donors (Lipinski definition) is 2. The molecule has 7 nitrogen and oxygen atoms in total. The molecule has 4 rings (SSSR count). The Kier molecular flexibility index (Phi) is 3.84. The zero-order chi connectivity index (χ0) is 16.7. The van der Waals surface area contributed by atoms with Crippen LogP contribution in [-0.4, -0.2) is 38.2 Å². The largest absolute Gasteiger partial charge is 0.383 e. The van der Waals surface area contributed by atoms with Crippen LogP contribution in [0.15, 0.2) is 11.6 Å². The van der Waals surface area contributed by atoms with Gasteiger partial charge in [-0.25, -0.2) is 4.98 Å². The maximum atomic E-state index is 6.04. The minimum atomic E-state index is 0.429. The maximum Gasteiger partial charge on any atom is 0.229 e. The highest BCUT2D eigenvalue weighted by molar-refractivity contribution is 7.09. The first-order valence-corrected chi connectivity index (χ1v) is 9.16. The van der Waals surface area contributed by atoms with Gasteiger partial charge in [-0.1, -0.05) is 13.8 Å². The van der Waals surface area contributed by atoms with E-state index in [1.165, 1.54) is 10.7 Å². The molecule has 1 atom stereocenters. The van der Waals surface area contributed by atoms with Gasteiger partial charge < -0.3 is 10.6 Å². The second-order valence-electron chi connectivity index (χ2n) is 6.59. The summed E-state index contributed by atoms with van der Waals surface area (Å²) in [5.74, 6) is 2.05. The normalized spacial score (nSPS) is 18.6. The molecule has 1 aliphatic rings. The standard InChI is InChI=1S/C16H21N7S/c1-9(2)12-8-24-15(19-12)10-4-3-5-23(7-10)16-20-13(17)11-6-18-22-14(11)21-16/h6,8-10H,3-5,7H2,1-2H3,(H3,17,18,20,21,22)/t10-/m0/s1. The van der Waals surface area contributed by atoms with E-state index < -0.39 is 0 Å². The summed E-state index contributed by atoms with van der Waals surface area (Å²) >= 11 is 1.77. The van der Waals surface area contributed by atoms with E-state index in [1.54, 1.807) is 17.5 Å². The highest BCUT2D eigenvalue weighted by Gasteiger charge is 2.26. The van der Waals surface area contributed by atoms with E-state index in [0.717, 1.165) is 31.3 Å². The number of nitrogen functional groups attached to an aromatic ring is 1. The van der Waals surface area contributed by atoms with Crippen molar-refractivity contribution in [2.75, 3.05) is 23.7 Å². The van der Waals surface area contributed by atoms with Crippen molar-refractivity contribution in [1.29, 1.82) is 0 Å². The molecule has 0 bridgehead atoms. The molecule has 4 heterocycles. The number of rotatable bonds is 3. The van der Waals surface area contributed by atoms with Crippen LogP contribution in [0.3, 0.4) is 0 Å². The average Bonchev–Trinajstić information content (AvgIpc) is 3.24. The lowest BCUT2D eigenvalue weighted by Crippen LogP contribution is -2.35. The van der Waals surface area contributed by atoms with Crippen molar-refractivity contribution in [3.8, 4) is 0 Å². The number of anilines is 2. The molecule has 0 aliphatic carbocycles. The summed E-state index contributed by atoms with van der Waals surface area (Å²) in [6.45, 7) is 6.19. The summed E-state index contributed by atoms with van der Waals surface area (Å²) in [5, 5.41) is 11.1. The second-order valence-corrected chi connectivity index (χ2v) is 7.48. The fraction of sp³-hybridized carbons (Fsp3) is 0.500. The molecule has 0 spiro atoms. The van der Waals surface area contributed by atoms with E-state index in [-0.39, 0.29) is 0 Å². The Morgan fingerprint density at radius 1 is 1.33 bits per heavy atom. The molecule has 126 valence electrons. The van der Waals surface area contributed by atoms with Crippen molar-refractivity contribution in [3.63, 3.8) is 0 Å². The van der Waals surface area contributed by atoms with Gasteiger partial charge in [0.05, 0.1) is 22.3 Å². The predicted molar refractivity (Wildman–Crippen MR) is 96.5 cm³/mol. The molecule has 3 aromatic rings. The number of nitrogens with one attached hydrogen (secondary N) is 1. The molecular formula is C16H21N7S. The van der Waals surface area contributed by atoms with Gasteiger partial charge in [-0.05, 0) is 18.8 Å². The van der Waals surface area contributed by atoms with Crippen molar-refractivity contribution >= 4 is 34.1 Å². The van der Waals surface area contributed by atoms with Crippen LogP contribution in [0.4, 0.5) is 11.8 Å². The molecule has 24 heavy (non-hydrogen) atoms. The minimum absolute atomic E-state index is 0.429. The van der Waals surface area contributed by atoms with Crippen molar-refractivity contribution in [2.45, 2.75) is 38.5 Å². The van der Waals surface area contributed by atoms with Gasteiger partial charge in [0.2, 0.25) is 5.95 Å². The van der Waals surface area contributed by atoms with E-state index in [0.29, 0.717) is 29.2 Å². The van der Waals surface area contributed by atoms with Crippen LogP contribution >= 0.6 is 11.3 Å². The predicted octanol–water partition coefficient (Wildman–Crippen LogP) is 2.90. The first kappa shape index (κ1) is 15.3. The third-order valence-electron chi connectivity index (χ3n) is 4.51. The van der Waals surface area contributed by atoms with Gasteiger partial charge in [0.15, 0.2) is 5.65 Å². The smallest absolute Gasteiger partial charge is 0.229 e. The molecule has 8 heteroatoms. The third-order valence-corrected chi connectivity index (χ3v) is 5.54. The first-order valence-electron chi connectivity index (χ1n) is 8.28. The summed E-state index contributed by atoms with van der Waals surface area (Å²) in [6, 6.07) is 0. The molecule has 3 aromatic heterocycles. The Bertz CT molecular complexity index is 853. The molecule has 0 radical (unpaired) electrons. The van der Waals surface area contributed by atoms with E-state index in [2.05, 4.69) is 44.3 Å². The van der Waals surface area contributed by atoms with E-state index in [1.807, 2.05) is 0 Å². The van der Waals surface area contributed by atoms with Crippen LogP contribution in [0.25, 0.3) is 11.0 Å². The number of thiazole rings is 1. The highest BCUT2D eigenvalue weighted by atomic mass is 32.1. The zero-order valence-corrected chi connectivity index (χ0v) is 14.7. The molecule has 1 aliphatic heterocycles. The Morgan fingerprint density at radius 3 is 3.00 bits per heavy atom. The molecule has 0 saturated carbocycles. The van der Waals surface area contributed by atoms with Crippen LogP contribution in [0.2, 0.25) is 0 Å². The molecule has 3 N–H and O–H groups in total. The summed E-state index contributed by atoms with van der Waals surface area (Å²) in [5.41, 5.74) is 7.92. The number of H-pyrrole nitrogens is 1. The van der Waals surface area contributed by atoms with Crippen LogP contribution in [-0.2, 0) is 0 Å². The Hall–Kier alpha value is -2.22. The highest BCUT2D eigenvalue weighted by Crippen LogP contribution is 2.32. The maximum absolute atomic E-state index is 6.04. The molecular weight excluding hydrogens is 322 g/mol. The summed E-state index contributed by atoms with van der Waals surface area (Å²) in [7, 11) is 0. The SMILES string of the molecule is CC(C)c1csc([C@H]2CCCN(c3nc(N)c4cn[nH]c4n3)C2)n1. The molecule has 0 aromatic carbocycles. The van der Waals surface area contributed by atoms with Crippen LogP contribution < -0.4 is 10.6 Å². The van der Waals surface area contributed by atoms with Gasteiger partial charge >= 0.3 is 0 Å². The molecule has 0 amide bonds. The van der Waals surface area contributed by atoms with Gasteiger partial charge in [-0.3, -0.25) is 5.10 Å². The van der Waals surface area contributed by atoms with Crippen molar-refractivity contribution in [3.05, 3.63) is 22.3 Å². The fourth-order valence-corrected chi connectivity index (χ4v) is 4.21. The van der Waals surface area contributed by atoms with Crippen LogP contribution in [0.5, 0.6) is 0 Å². The summed E-state index contributed by atoms with van der Waals surface area (Å²) in [4.78, 5) is 16.1. The quantitative estimate of drug-likeness (QED) is 0.759. The van der Waals surface area contributed by atoms with Crippen molar-refractivity contribution < 1.29 is 0 Å². The topological polar surface area (TPSA) is 96.6 Å². The fourth-order valence-electron chi connectivity index (χ4n) is 3.10. The number of piperidine rings is 1. The van der Waals surface area contributed by atoms with Crippen LogP contribution in [0.1, 0.15) is 49.2 Å². The number of aromatic nitrogens is 5. The minimum Gasteiger partial charge on any atom is -0.383 e. The van der Waals surface area contributed by atoms with Gasteiger partial charge in [0.1, 0.15) is 5.82 Å². The van der Waals surface area contributed by atoms with E-state index in [4.69, 9.17) is 10.7 Å².